The molecule has 88 valence electrons. The van der Waals surface area contributed by atoms with E-state index in [1.807, 2.05) is 6.07 Å². The zero-order chi connectivity index (χ0) is 11.7. The van der Waals surface area contributed by atoms with Gasteiger partial charge in [0.15, 0.2) is 0 Å². The van der Waals surface area contributed by atoms with Crippen molar-refractivity contribution in [2.75, 3.05) is 14.2 Å². The Bertz CT molecular complexity index is 406. The molecule has 0 amide bonds. The van der Waals surface area contributed by atoms with Gasteiger partial charge in [-0.2, -0.15) is 0 Å². The zero-order valence-electron chi connectivity index (χ0n) is 9.76. The van der Waals surface area contributed by atoms with Crippen LogP contribution in [0.25, 0.3) is 0 Å². The summed E-state index contributed by atoms with van der Waals surface area (Å²) in [6.45, 7) is 3.03. The van der Waals surface area contributed by atoms with Crippen molar-refractivity contribution >= 4 is 15.9 Å². The minimum Gasteiger partial charge on any atom is -0.496 e. The van der Waals surface area contributed by atoms with Crippen LogP contribution in [0.3, 0.4) is 0 Å². The Kier molecular flexibility index (Phi) is 3.40. The monoisotopic (exact) mass is 285 g/mol. The van der Waals surface area contributed by atoms with Crippen LogP contribution in [-0.4, -0.2) is 20.3 Å². The molecule has 0 fully saturated rings. The Hall–Kier alpha value is -0.740. The summed E-state index contributed by atoms with van der Waals surface area (Å²) in [7, 11) is 3.37. The van der Waals surface area contributed by atoms with Crippen LogP contribution < -0.4 is 14.8 Å². The summed E-state index contributed by atoms with van der Waals surface area (Å²) in [5, 5.41) is 3.44. The fourth-order valence-corrected chi connectivity index (χ4v) is 2.77. The number of nitrogens with one attached hydrogen (secondary N) is 1. The van der Waals surface area contributed by atoms with Crippen LogP contribution in [0.1, 0.15) is 18.1 Å². The number of fused-ring (bicyclic) bond motifs is 1. The van der Waals surface area contributed by atoms with E-state index in [0.29, 0.717) is 6.04 Å². The molecule has 0 aliphatic carbocycles. The number of benzene rings is 1. The quantitative estimate of drug-likeness (QED) is 0.906. The average molecular weight is 286 g/mol. The fraction of sp³-hybridized carbons (Fsp3) is 0.500. The van der Waals surface area contributed by atoms with Crippen LogP contribution in [0.4, 0.5) is 0 Å². The van der Waals surface area contributed by atoms with Gasteiger partial charge in [0.05, 0.1) is 18.7 Å². The first-order valence-electron chi connectivity index (χ1n) is 5.33. The highest BCUT2D eigenvalue weighted by Gasteiger charge is 2.23. The van der Waals surface area contributed by atoms with Crippen molar-refractivity contribution in [3.63, 3.8) is 0 Å². The first-order valence-corrected chi connectivity index (χ1v) is 6.12. The highest BCUT2D eigenvalue weighted by Crippen LogP contribution is 2.39. The summed E-state index contributed by atoms with van der Waals surface area (Å²) in [5.41, 5.74) is 2.52. The van der Waals surface area contributed by atoms with E-state index >= 15 is 0 Å². The molecule has 1 atom stereocenters. The van der Waals surface area contributed by atoms with Crippen LogP contribution in [0.5, 0.6) is 11.5 Å². The minimum atomic E-state index is 0.487. The molecular formula is C12H16BrNO2. The summed E-state index contributed by atoms with van der Waals surface area (Å²) in [5.74, 6) is 1.74. The maximum atomic E-state index is 5.40. The molecule has 1 aliphatic heterocycles. The molecule has 0 bridgehead atoms. The molecule has 1 heterocycles. The molecule has 0 saturated carbocycles. The number of methoxy groups -OCH3 is 2. The van der Waals surface area contributed by atoms with Gasteiger partial charge < -0.3 is 14.8 Å². The normalized spacial score (nSPS) is 19.1. The highest BCUT2D eigenvalue weighted by atomic mass is 79.9. The lowest BCUT2D eigenvalue weighted by Crippen LogP contribution is -2.33. The Morgan fingerprint density at radius 3 is 2.56 bits per heavy atom. The lowest BCUT2D eigenvalue weighted by molar-refractivity contribution is 0.380. The molecular weight excluding hydrogens is 270 g/mol. The third-order valence-corrected chi connectivity index (χ3v) is 3.85. The molecule has 2 rings (SSSR count). The number of hydrogen-bond acceptors (Lipinski definition) is 3. The second kappa shape index (κ2) is 4.63. The van der Waals surface area contributed by atoms with Crippen molar-refractivity contribution in [3.8, 4) is 11.5 Å². The highest BCUT2D eigenvalue weighted by molar-refractivity contribution is 9.10. The summed E-state index contributed by atoms with van der Waals surface area (Å²) < 4.78 is 11.8. The molecule has 1 aliphatic rings. The van der Waals surface area contributed by atoms with Crippen LogP contribution in [-0.2, 0) is 13.0 Å². The van der Waals surface area contributed by atoms with Gasteiger partial charge in [0, 0.05) is 24.2 Å². The Morgan fingerprint density at radius 1 is 1.25 bits per heavy atom. The van der Waals surface area contributed by atoms with Gasteiger partial charge in [-0.05, 0) is 34.8 Å². The predicted molar refractivity (Wildman–Crippen MR) is 67.3 cm³/mol. The van der Waals surface area contributed by atoms with Gasteiger partial charge in [0.2, 0.25) is 0 Å². The Morgan fingerprint density at radius 2 is 1.94 bits per heavy atom. The van der Waals surface area contributed by atoms with Gasteiger partial charge >= 0.3 is 0 Å². The van der Waals surface area contributed by atoms with Crippen molar-refractivity contribution in [3.05, 3.63) is 21.7 Å². The molecule has 3 nitrogen and oxygen atoms in total. The summed E-state index contributed by atoms with van der Waals surface area (Å²) in [4.78, 5) is 0. The van der Waals surface area contributed by atoms with Crippen LogP contribution in [0.2, 0.25) is 0 Å². The van der Waals surface area contributed by atoms with Crippen LogP contribution in [0.15, 0.2) is 10.5 Å². The lowest BCUT2D eigenvalue weighted by atomic mass is 9.95. The van der Waals surface area contributed by atoms with Gasteiger partial charge in [0.1, 0.15) is 11.5 Å². The van der Waals surface area contributed by atoms with E-state index in [4.69, 9.17) is 9.47 Å². The van der Waals surface area contributed by atoms with Gasteiger partial charge in [-0.25, -0.2) is 0 Å². The molecule has 0 aromatic heterocycles. The topological polar surface area (TPSA) is 30.5 Å². The molecule has 16 heavy (non-hydrogen) atoms. The maximum absolute atomic E-state index is 5.40. The number of ether oxygens (including phenoxy) is 2. The minimum absolute atomic E-state index is 0.487. The molecule has 1 aromatic rings. The van der Waals surface area contributed by atoms with Crippen LogP contribution >= 0.6 is 15.9 Å². The number of rotatable bonds is 2. The summed E-state index contributed by atoms with van der Waals surface area (Å²) in [6.07, 6.45) is 0.990. The SMILES string of the molecule is COc1cc(OC)c2c(c1Br)CC(C)NC2. The first kappa shape index (κ1) is 11.7. The standard InChI is InChI=1S/C12H16BrNO2/c1-7-4-8-9(6-14-7)10(15-2)5-11(16-3)12(8)13/h5,7,14H,4,6H2,1-3H3. The third kappa shape index (κ3) is 1.92. The maximum Gasteiger partial charge on any atom is 0.137 e. The second-order valence-electron chi connectivity index (χ2n) is 4.04. The number of halogens is 1. The van der Waals surface area contributed by atoms with E-state index in [1.165, 1.54) is 11.1 Å². The van der Waals surface area contributed by atoms with E-state index in [0.717, 1.165) is 28.9 Å². The van der Waals surface area contributed by atoms with Crippen molar-refractivity contribution < 1.29 is 9.47 Å². The van der Waals surface area contributed by atoms with E-state index < -0.39 is 0 Å². The number of hydrogen-bond donors (Lipinski definition) is 1. The van der Waals surface area contributed by atoms with E-state index in [2.05, 4.69) is 28.2 Å². The van der Waals surface area contributed by atoms with Gasteiger partial charge in [-0.15, -0.1) is 0 Å². The summed E-state index contributed by atoms with van der Waals surface area (Å²) in [6, 6.07) is 2.42. The first-order chi connectivity index (χ1) is 7.67. The largest absolute Gasteiger partial charge is 0.496 e. The van der Waals surface area contributed by atoms with E-state index in [1.54, 1.807) is 14.2 Å². The van der Waals surface area contributed by atoms with Crippen molar-refractivity contribution in [1.29, 1.82) is 0 Å². The molecule has 0 spiro atoms. The average Bonchev–Trinajstić information content (AvgIpc) is 2.30. The van der Waals surface area contributed by atoms with E-state index in [9.17, 15) is 0 Å². The smallest absolute Gasteiger partial charge is 0.137 e. The van der Waals surface area contributed by atoms with Gasteiger partial charge in [-0.1, -0.05) is 0 Å². The van der Waals surface area contributed by atoms with Crippen LogP contribution in [0, 0.1) is 0 Å². The molecule has 4 heteroatoms. The molecule has 1 unspecified atom stereocenters. The van der Waals surface area contributed by atoms with Gasteiger partial charge in [0.25, 0.3) is 0 Å². The summed E-state index contributed by atoms with van der Waals surface area (Å²) >= 11 is 3.61. The predicted octanol–water partition coefficient (Wildman–Crippen LogP) is 2.50. The third-order valence-electron chi connectivity index (χ3n) is 2.98. The van der Waals surface area contributed by atoms with E-state index in [-0.39, 0.29) is 0 Å². The zero-order valence-corrected chi connectivity index (χ0v) is 11.3. The lowest BCUT2D eigenvalue weighted by Gasteiger charge is -2.26. The second-order valence-corrected chi connectivity index (χ2v) is 4.83. The van der Waals surface area contributed by atoms with Crippen molar-refractivity contribution in [1.82, 2.24) is 5.32 Å². The Balaban J connectivity index is 2.56. The molecule has 1 N–H and O–H groups in total. The fourth-order valence-electron chi connectivity index (χ4n) is 2.09. The van der Waals surface area contributed by atoms with Crippen molar-refractivity contribution in [2.24, 2.45) is 0 Å². The molecule has 1 aromatic carbocycles. The Labute approximate surface area is 104 Å². The molecule has 0 radical (unpaired) electrons. The van der Waals surface area contributed by atoms with Gasteiger partial charge in [-0.3, -0.25) is 0 Å². The molecule has 0 saturated heterocycles. The van der Waals surface area contributed by atoms with Crippen molar-refractivity contribution in [2.45, 2.75) is 25.9 Å².